The summed E-state index contributed by atoms with van der Waals surface area (Å²) in [5.74, 6) is 1.89. The summed E-state index contributed by atoms with van der Waals surface area (Å²) >= 11 is 5.04. The highest BCUT2D eigenvalue weighted by molar-refractivity contribution is 14.3. The molecule has 0 N–H and O–H groups in total. The number of para-hydroxylation sites is 2. The van der Waals surface area contributed by atoms with Gasteiger partial charge in [0.25, 0.3) is 0 Å². The first kappa shape index (κ1) is 12.4. The van der Waals surface area contributed by atoms with Crippen molar-refractivity contribution in [2.75, 3.05) is 0 Å². The molecule has 4 heteroatoms. The molecule has 2 rings (SSSR count). The summed E-state index contributed by atoms with van der Waals surface area (Å²) in [4.78, 5) is 0. The van der Waals surface area contributed by atoms with Gasteiger partial charge in [-0.05, 0) is 18.2 Å². The fraction of sp³-hybridized carbons (Fsp3) is 0. The van der Waals surface area contributed by atoms with Crippen LogP contribution in [0.4, 0.5) is 0 Å². The summed E-state index contributed by atoms with van der Waals surface area (Å²) < 4.78 is 5.00. The molecular formula is C12H10I2OSi. The van der Waals surface area contributed by atoms with E-state index in [1.807, 2.05) is 42.5 Å². The standard InChI is InChI=1S/C12H10I2OSi/c13-16(14)12-9-5-4-8-11(12)15-10-6-2-1-3-7-10/h1-9,16H. The van der Waals surface area contributed by atoms with Crippen LogP contribution >= 0.6 is 43.6 Å². The molecule has 0 heterocycles. The van der Waals surface area contributed by atoms with Gasteiger partial charge in [0.15, 0.2) is 0 Å². The molecule has 16 heavy (non-hydrogen) atoms. The highest BCUT2D eigenvalue weighted by Crippen LogP contribution is 2.21. The molecule has 0 aliphatic heterocycles. The predicted molar refractivity (Wildman–Crippen MR) is 87.8 cm³/mol. The van der Waals surface area contributed by atoms with Crippen molar-refractivity contribution in [2.45, 2.75) is 0 Å². The highest BCUT2D eigenvalue weighted by atomic mass is 127. The Morgan fingerprint density at radius 2 is 1.44 bits per heavy atom. The molecule has 0 aliphatic rings. The molecular weight excluding hydrogens is 442 g/mol. The number of ether oxygens (including phenoxy) is 1. The molecule has 2 aromatic rings. The van der Waals surface area contributed by atoms with Gasteiger partial charge < -0.3 is 4.74 Å². The smallest absolute Gasteiger partial charge is 0.210 e. The summed E-state index contributed by atoms with van der Waals surface area (Å²) in [5.41, 5.74) is 0. The topological polar surface area (TPSA) is 9.23 Å². The molecule has 0 aromatic heterocycles. The minimum atomic E-state index is -0.894. The minimum Gasteiger partial charge on any atom is -0.457 e. The Kier molecular flexibility index (Phi) is 4.65. The van der Waals surface area contributed by atoms with Crippen molar-refractivity contribution < 1.29 is 4.74 Å². The second-order valence-electron chi connectivity index (χ2n) is 3.25. The zero-order valence-electron chi connectivity index (χ0n) is 8.44. The van der Waals surface area contributed by atoms with Crippen LogP contribution in [-0.4, -0.2) is 3.79 Å². The van der Waals surface area contributed by atoms with E-state index >= 15 is 0 Å². The lowest BCUT2D eigenvalue weighted by atomic mass is 10.3. The number of hydrogen-bond donors (Lipinski definition) is 0. The fourth-order valence-corrected chi connectivity index (χ4v) is 5.08. The van der Waals surface area contributed by atoms with E-state index in [0.29, 0.717) is 0 Å². The Morgan fingerprint density at radius 1 is 0.812 bits per heavy atom. The van der Waals surface area contributed by atoms with Crippen molar-refractivity contribution in [1.29, 1.82) is 0 Å². The van der Waals surface area contributed by atoms with E-state index < -0.39 is 3.79 Å². The lowest BCUT2D eigenvalue weighted by Crippen LogP contribution is -2.18. The molecule has 82 valence electrons. The van der Waals surface area contributed by atoms with Gasteiger partial charge in [-0.15, -0.1) is 43.6 Å². The van der Waals surface area contributed by atoms with Crippen LogP contribution in [0.2, 0.25) is 0 Å². The molecule has 1 nitrogen and oxygen atoms in total. The van der Waals surface area contributed by atoms with Crippen molar-refractivity contribution in [3.8, 4) is 11.5 Å². The quantitative estimate of drug-likeness (QED) is 0.392. The Hall–Kier alpha value is -0.0831. The van der Waals surface area contributed by atoms with Crippen LogP contribution in [0.5, 0.6) is 11.5 Å². The zero-order valence-corrected chi connectivity index (χ0v) is 13.9. The third-order valence-corrected chi connectivity index (χ3v) is 7.10. The monoisotopic (exact) mass is 452 g/mol. The maximum absolute atomic E-state index is 5.90. The first-order chi connectivity index (χ1) is 7.77. The summed E-state index contributed by atoms with van der Waals surface area (Å²) in [5, 5.41) is 1.35. The molecule has 0 fully saturated rings. The summed E-state index contributed by atoms with van der Waals surface area (Å²) in [6.07, 6.45) is 0. The fourth-order valence-electron chi connectivity index (χ4n) is 1.37. The first-order valence-electron chi connectivity index (χ1n) is 4.87. The first-order valence-corrected chi connectivity index (χ1v) is 13.8. The van der Waals surface area contributed by atoms with Gasteiger partial charge in [-0.1, -0.05) is 36.4 Å². The van der Waals surface area contributed by atoms with Crippen LogP contribution in [0.15, 0.2) is 54.6 Å². The van der Waals surface area contributed by atoms with E-state index in [2.05, 4.69) is 55.7 Å². The predicted octanol–water partition coefficient (Wildman–Crippen LogP) is 3.78. The molecule has 0 radical (unpaired) electrons. The van der Waals surface area contributed by atoms with Crippen LogP contribution in [0, 0.1) is 0 Å². The molecule has 0 atom stereocenters. The van der Waals surface area contributed by atoms with E-state index in [4.69, 9.17) is 4.74 Å². The minimum absolute atomic E-state index is 0.894. The Labute approximate surface area is 122 Å². The Balaban J connectivity index is 2.28. The summed E-state index contributed by atoms with van der Waals surface area (Å²) in [6, 6.07) is 18.2. The summed E-state index contributed by atoms with van der Waals surface area (Å²) in [7, 11) is 0. The van der Waals surface area contributed by atoms with Gasteiger partial charge in [0, 0.05) is 5.19 Å². The van der Waals surface area contributed by atoms with Crippen LogP contribution < -0.4 is 9.92 Å². The maximum Gasteiger partial charge on any atom is 0.210 e. The molecule has 2 aromatic carbocycles. The maximum atomic E-state index is 5.90. The normalized spacial score (nSPS) is 10.4. The lowest BCUT2D eigenvalue weighted by Gasteiger charge is -2.11. The van der Waals surface area contributed by atoms with Gasteiger partial charge in [0.2, 0.25) is 3.79 Å². The second-order valence-corrected chi connectivity index (χ2v) is 19.1. The summed E-state index contributed by atoms with van der Waals surface area (Å²) in [6.45, 7) is 0. The molecule has 0 bridgehead atoms. The van der Waals surface area contributed by atoms with E-state index in [1.54, 1.807) is 0 Å². The average molecular weight is 452 g/mol. The van der Waals surface area contributed by atoms with E-state index in [-0.39, 0.29) is 0 Å². The van der Waals surface area contributed by atoms with Crippen molar-refractivity contribution >= 4 is 52.6 Å². The lowest BCUT2D eigenvalue weighted by molar-refractivity contribution is 0.486. The molecule has 0 saturated carbocycles. The molecule has 0 amide bonds. The number of rotatable bonds is 3. The van der Waals surface area contributed by atoms with Crippen LogP contribution in [-0.2, 0) is 0 Å². The highest BCUT2D eigenvalue weighted by Gasteiger charge is 2.11. The van der Waals surface area contributed by atoms with Gasteiger partial charge in [-0.2, -0.15) is 0 Å². The average Bonchev–Trinajstić information content (AvgIpc) is 2.31. The third kappa shape index (κ3) is 3.20. The van der Waals surface area contributed by atoms with Gasteiger partial charge in [0.05, 0.1) is 0 Å². The number of benzene rings is 2. The van der Waals surface area contributed by atoms with Gasteiger partial charge in [0.1, 0.15) is 11.5 Å². The largest absolute Gasteiger partial charge is 0.457 e. The van der Waals surface area contributed by atoms with Gasteiger partial charge >= 0.3 is 0 Å². The van der Waals surface area contributed by atoms with Crippen molar-refractivity contribution in [3.63, 3.8) is 0 Å². The zero-order chi connectivity index (χ0) is 11.4. The van der Waals surface area contributed by atoms with E-state index in [0.717, 1.165) is 11.5 Å². The SMILES string of the molecule is I[SiH](I)c1ccccc1Oc1ccccc1. The Bertz CT molecular complexity index is 460. The van der Waals surface area contributed by atoms with E-state index in [1.165, 1.54) is 5.19 Å². The molecule has 0 aliphatic carbocycles. The van der Waals surface area contributed by atoms with Crippen molar-refractivity contribution in [2.24, 2.45) is 0 Å². The van der Waals surface area contributed by atoms with Crippen LogP contribution in [0.25, 0.3) is 0 Å². The van der Waals surface area contributed by atoms with Crippen molar-refractivity contribution in [3.05, 3.63) is 54.6 Å². The van der Waals surface area contributed by atoms with E-state index in [9.17, 15) is 0 Å². The Morgan fingerprint density at radius 3 is 2.12 bits per heavy atom. The van der Waals surface area contributed by atoms with Crippen LogP contribution in [0.1, 0.15) is 0 Å². The third-order valence-electron chi connectivity index (χ3n) is 2.13. The molecule has 0 unspecified atom stereocenters. The number of hydrogen-bond acceptors (Lipinski definition) is 1. The molecule has 0 spiro atoms. The second kappa shape index (κ2) is 6.01. The molecule has 0 saturated heterocycles. The van der Waals surface area contributed by atoms with Crippen LogP contribution in [0.3, 0.4) is 0 Å². The number of halogens is 2. The van der Waals surface area contributed by atoms with Gasteiger partial charge in [-0.3, -0.25) is 0 Å². The van der Waals surface area contributed by atoms with Crippen molar-refractivity contribution in [1.82, 2.24) is 0 Å². The van der Waals surface area contributed by atoms with Gasteiger partial charge in [-0.25, -0.2) is 0 Å².